The summed E-state index contributed by atoms with van der Waals surface area (Å²) in [5.74, 6) is 0. The summed E-state index contributed by atoms with van der Waals surface area (Å²) in [5, 5.41) is 11.1. The molecule has 1 aliphatic heterocycles. The van der Waals surface area contributed by atoms with Gasteiger partial charge in [0.2, 0.25) is 10.0 Å². The van der Waals surface area contributed by atoms with Crippen LogP contribution < -0.4 is 4.90 Å². The maximum atomic E-state index is 11.5. The Labute approximate surface area is 128 Å². The fourth-order valence-electron chi connectivity index (χ4n) is 2.47. The van der Waals surface area contributed by atoms with E-state index in [0.29, 0.717) is 36.8 Å². The van der Waals surface area contributed by atoms with Crippen LogP contribution in [0.4, 0.5) is 11.4 Å². The topological polar surface area (TPSA) is 83.8 Å². The number of nitro groups is 1. The summed E-state index contributed by atoms with van der Waals surface area (Å²) >= 11 is 6.16. The molecule has 1 aromatic carbocycles. The van der Waals surface area contributed by atoms with Crippen molar-refractivity contribution in [2.75, 3.05) is 37.3 Å². The van der Waals surface area contributed by atoms with E-state index in [9.17, 15) is 18.5 Å². The molecule has 0 unspecified atom stereocenters. The number of rotatable bonds is 3. The summed E-state index contributed by atoms with van der Waals surface area (Å²) < 4.78 is 24.4. The molecule has 0 bridgehead atoms. The first-order valence-corrected chi connectivity index (χ1v) is 8.57. The second-order valence-electron chi connectivity index (χ2n) is 5.00. The fourth-order valence-corrected chi connectivity index (χ4v) is 3.67. The van der Waals surface area contributed by atoms with Crippen molar-refractivity contribution in [1.29, 1.82) is 0 Å². The van der Waals surface area contributed by atoms with Crippen LogP contribution in [-0.2, 0) is 10.0 Å². The zero-order chi connectivity index (χ0) is 15.8. The maximum Gasteiger partial charge on any atom is 0.271 e. The fraction of sp³-hybridized carbons (Fsp3) is 0.500. The number of hydrogen-bond donors (Lipinski definition) is 0. The number of sulfonamides is 1. The van der Waals surface area contributed by atoms with Crippen molar-refractivity contribution < 1.29 is 13.3 Å². The molecule has 1 aliphatic rings. The molecule has 0 aromatic heterocycles. The van der Waals surface area contributed by atoms with Crippen LogP contribution in [0.5, 0.6) is 0 Å². The van der Waals surface area contributed by atoms with Gasteiger partial charge in [-0.3, -0.25) is 10.1 Å². The Hall–Kier alpha value is -1.38. The van der Waals surface area contributed by atoms with Crippen LogP contribution in [-0.4, -0.2) is 50.1 Å². The van der Waals surface area contributed by atoms with Gasteiger partial charge in [-0.1, -0.05) is 11.6 Å². The predicted octanol–water partition coefficient (Wildman–Crippen LogP) is 1.64. The molecule has 2 rings (SSSR count). The average molecular weight is 334 g/mol. The van der Waals surface area contributed by atoms with Crippen LogP contribution in [0, 0.1) is 17.0 Å². The van der Waals surface area contributed by atoms with E-state index in [2.05, 4.69) is 0 Å². The van der Waals surface area contributed by atoms with E-state index in [1.807, 2.05) is 4.90 Å². The first-order valence-electron chi connectivity index (χ1n) is 6.35. The molecule has 7 nitrogen and oxygen atoms in total. The molecular formula is C12H16ClN3O4S. The Morgan fingerprint density at radius 3 is 2.24 bits per heavy atom. The van der Waals surface area contributed by atoms with Crippen molar-refractivity contribution >= 4 is 33.0 Å². The molecule has 0 atom stereocenters. The third-order valence-corrected chi connectivity index (χ3v) is 5.06. The van der Waals surface area contributed by atoms with E-state index in [-0.39, 0.29) is 5.69 Å². The van der Waals surface area contributed by atoms with E-state index >= 15 is 0 Å². The third-order valence-electron chi connectivity index (χ3n) is 3.47. The van der Waals surface area contributed by atoms with Gasteiger partial charge in [-0.15, -0.1) is 0 Å². The van der Waals surface area contributed by atoms with Gasteiger partial charge in [0.05, 0.1) is 21.9 Å². The van der Waals surface area contributed by atoms with Gasteiger partial charge >= 0.3 is 0 Å². The van der Waals surface area contributed by atoms with Crippen LogP contribution in [0.2, 0.25) is 5.02 Å². The van der Waals surface area contributed by atoms with Crippen LogP contribution in [0.15, 0.2) is 12.1 Å². The molecule has 1 saturated heterocycles. The van der Waals surface area contributed by atoms with E-state index in [1.54, 1.807) is 6.92 Å². The number of halogens is 1. The number of benzene rings is 1. The molecule has 21 heavy (non-hydrogen) atoms. The lowest BCUT2D eigenvalue weighted by atomic mass is 10.1. The molecular weight excluding hydrogens is 318 g/mol. The van der Waals surface area contributed by atoms with Crippen LogP contribution >= 0.6 is 11.6 Å². The van der Waals surface area contributed by atoms with Crippen molar-refractivity contribution in [2.45, 2.75) is 6.92 Å². The molecule has 0 N–H and O–H groups in total. The van der Waals surface area contributed by atoms with Crippen molar-refractivity contribution in [3.63, 3.8) is 0 Å². The second-order valence-corrected chi connectivity index (χ2v) is 7.39. The highest BCUT2D eigenvalue weighted by Gasteiger charge is 2.26. The zero-order valence-corrected chi connectivity index (χ0v) is 13.3. The predicted molar refractivity (Wildman–Crippen MR) is 81.5 cm³/mol. The minimum Gasteiger partial charge on any atom is -0.367 e. The van der Waals surface area contributed by atoms with Crippen LogP contribution in [0.25, 0.3) is 0 Å². The third kappa shape index (κ3) is 3.45. The quantitative estimate of drug-likeness (QED) is 0.620. The molecule has 1 heterocycles. The minimum absolute atomic E-state index is 0.0454. The number of piperazine rings is 1. The van der Waals surface area contributed by atoms with Gasteiger partial charge in [-0.25, -0.2) is 8.42 Å². The van der Waals surface area contributed by atoms with E-state index < -0.39 is 14.9 Å². The molecule has 0 amide bonds. The first-order chi connectivity index (χ1) is 9.70. The highest BCUT2D eigenvalue weighted by Crippen LogP contribution is 2.34. The largest absolute Gasteiger partial charge is 0.367 e. The average Bonchev–Trinajstić information content (AvgIpc) is 2.37. The minimum atomic E-state index is -3.19. The number of hydrogen-bond acceptors (Lipinski definition) is 5. The van der Waals surface area contributed by atoms with Crippen LogP contribution in [0.3, 0.4) is 0 Å². The second kappa shape index (κ2) is 5.78. The maximum absolute atomic E-state index is 11.5. The standard InChI is InChI=1S/C12H16ClN3O4S/c1-9-7-10(16(17)18)8-11(13)12(9)14-3-5-15(6-4-14)21(2,19)20/h7-8H,3-6H2,1-2H3. The van der Waals surface area contributed by atoms with E-state index in [0.717, 1.165) is 5.69 Å². The summed E-state index contributed by atoms with van der Waals surface area (Å²) in [5.41, 5.74) is 1.40. The summed E-state index contributed by atoms with van der Waals surface area (Å²) in [6.07, 6.45) is 1.19. The van der Waals surface area contributed by atoms with Crippen molar-refractivity contribution in [3.8, 4) is 0 Å². The SMILES string of the molecule is Cc1cc([N+](=O)[O-])cc(Cl)c1N1CCN(S(C)(=O)=O)CC1. The molecule has 1 fully saturated rings. The Kier molecular flexibility index (Phi) is 4.40. The lowest BCUT2D eigenvalue weighted by Gasteiger charge is -2.35. The number of nitrogens with zero attached hydrogens (tertiary/aromatic N) is 3. The van der Waals surface area contributed by atoms with Gasteiger partial charge in [0, 0.05) is 38.3 Å². The Balaban J connectivity index is 2.23. The van der Waals surface area contributed by atoms with Gasteiger partial charge in [0.1, 0.15) is 0 Å². The summed E-state index contributed by atoms with van der Waals surface area (Å²) in [6.45, 7) is 3.53. The summed E-state index contributed by atoms with van der Waals surface area (Å²) in [7, 11) is -3.19. The monoisotopic (exact) mass is 333 g/mol. The van der Waals surface area contributed by atoms with Gasteiger partial charge < -0.3 is 4.90 Å². The molecule has 0 spiro atoms. The molecule has 0 aliphatic carbocycles. The summed E-state index contributed by atoms with van der Waals surface area (Å²) in [6, 6.07) is 2.80. The number of nitro benzene ring substituents is 1. The number of aryl methyl sites for hydroxylation is 1. The van der Waals surface area contributed by atoms with E-state index in [1.165, 1.54) is 22.7 Å². The molecule has 0 radical (unpaired) electrons. The van der Waals surface area contributed by atoms with Crippen molar-refractivity contribution in [3.05, 3.63) is 32.8 Å². The highest BCUT2D eigenvalue weighted by molar-refractivity contribution is 7.88. The van der Waals surface area contributed by atoms with Gasteiger partial charge in [-0.2, -0.15) is 4.31 Å². The van der Waals surface area contributed by atoms with E-state index in [4.69, 9.17) is 11.6 Å². The van der Waals surface area contributed by atoms with Crippen LogP contribution in [0.1, 0.15) is 5.56 Å². The lowest BCUT2D eigenvalue weighted by molar-refractivity contribution is -0.384. The molecule has 116 valence electrons. The van der Waals surface area contributed by atoms with Gasteiger partial charge in [-0.05, 0) is 12.5 Å². The normalized spacial score (nSPS) is 17.0. The smallest absolute Gasteiger partial charge is 0.271 e. The molecule has 9 heteroatoms. The zero-order valence-electron chi connectivity index (χ0n) is 11.7. The summed E-state index contributed by atoms with van der Waals surface area (Å²) in [4.78, 5) is 12.3. The van der Waals surface area contributed by atoms with Gasteiger partial charge in [0.15, 0.2) is 0 Å². The molecule has 0 saturated carbocycles. The van der Waals surface area contributed by atoms with Crippen molar-refractivity contribution in [2.24, 2.45) is 0 Å². The Morgan fingerprint density at radius 1 is 1.24 bits per heavy atom. The first kappa shape index (κ1) is 16.0. The molecule has 1 aromatic rings. The van der Waals surface area contributed by atoms with Crippen molar-refractivity contribution in [1.82, 2.24) is 4.31 Å². The number of anilines is 1. The Bertz CT molecular complexity index is 646. The lowest BCUT2D eigenvalue weighted by Crippen LogP contribution is -2.48. The number of non-ortho nitro benzene ring substituents is 1. The van der Waals surface area contributed by atoms with Gasteiger partial charge in [0.25, 0.3) is 5.69 Å². The highest BCUT2D eigenvalue weighted by atomic mass is 35.5. The Morgan fingerprint density at radius 2 is 1.81 bits per heavy atom.